The Morgan fingerprint density at radius 2 is 2.43 bits per heavy atom. The maximum Gasteiger partial charge on any atom is 0.349 e. The van der Waals surface area contributed by atoms with Crippen LogP contribution in [0.2, 0.25) is 0 Å². The maximum absolute atomic E-state index is 11.1. The Morgan fingerprint density at radius 3 is 3.21 bits per heavy atom. The molecular formula is C9H7N3O2. The molecule has 0 fully saturated rings. The second kappa shape index (κ2) is 3.29. The molecule has 5 heteroatoms. The van der Waals surface area contributed by atoms with Crippen molar-refractivity contribution in [3.63, 3.8) is 0 Å². The standard InChI is InChI=1S/C9H7N3O2/c1-2-14-8-6-4-3-5-10-7(6)11-9(13)12-8/h2-5H,1H2,(H,10,11,12,13). The first-order chi connectivity index (χ1) is 6.81. The van der Waals surface area contributed by atoms with Crippen molar-refractivity contribution in [2.24, 2.45) is 0 Å². The van der Waals surface area contributed by atoms with Gasteiger partial charge in [-0.05, 0) is 12.1 Å². The molecule has 0 aliphatic rings. The highest BCUT2D eigenvalue weighted by atomic mass is 16.5. The highest BCUT2D eigenvalue weighted by Gasteiger charge is 2.04. The Bertz CT molecular complexity index is 533. The van der Waals surface area contributed by atoms with Gasteiger partial charge in [0, 0.05) is 6.20 Å². The van der Waals surface area contributed by atoms with Crippen LogP contribution < -0.4 is 10.4 Å². The first kappa shape index (κ1) is 8.43. The number of hydrogen-bond acceptors (Lipinski definition) is 4. The average molecular weight is 189 g/mol. The molecule has 0 spiro atoms. The van der Waals surface area contributed by atoms with E-state index < -0.39 is 5.69 Å². The van der Waals surface area contributed by atoms with Crippen molar-refractivity contribution in [1.82, 2.24) is 15.0 Å². The van der Waals surface area contributed by atoms with Gasteiger partial charge in [0.1, 0.15) is 5.65 Å². The lowest BCUT2D eigenvalue weighted by Crippen LogP contribution is -2.11. The van der Waals surface area contributed by atoms with Crippen LogP contribution in [0.5, 0.6) is 5.88 Å². The molecular weight excluding hydrogens is 182 g/mol. The Kier molecular flexibility index (Phi) is 1.98. The van der Waals surface area contributed by atoms with E-state index in [1.165, 1.54) is 6.26 Å². The predicted octanol–water partition coefficient (Wildman–Crippen LogP) is 0.840. The van der Waals surface area contributed by atoms with Gasteiger partial charge in [-0.25, -0.2) is 9.78 Å². The molecule has 0 saturated heterocycles. The number of aromatic nitrogens is 3. The van der Waals surface area contributed by atoms with E-state index in [1.807, 2.05) is 0 Å². The van der Waals surface area contributed by atoms with Crippen molar-refractivity contribution in [1.29, 1.82) is 0 Å². The third-order valence-electron chi connectivity index (χ3n) is 1.66. The number of fused-ring (bicyclic) bond motifs is 1. The monoisotopic (exact) mass is 189 g/mol. The van der Waals surface area contributed by atoms with Crippen molar-refractivity contribution in [2.75, 3.05) is 0 Å². The van der Waals surface area contributed by atoms with E-state index in [0.29, 0.717) is 11.0 Å². The molecule has 2 aromatic heterocycles. The Hall–Kier alpha value is -2.17. The van der Waals surface area contributed by atoms with Crippen LogP contribution in [-0.2, 0) is 0 Å². The fourth-order valence-electron chi connectivity index (χ4n) is 1.13. The normalized spacial score (nSPS) is 10.0. The molecule has 0 aliphatic carbocycles. The molecule has 0 radical (unpaired) electrons. The summed E-state index contributed by atoms with van der Waals surface area (Å²) in [6, 6.07) is 3.49. The van der Waals surface area contributed by atoms with Gasteiger partial charge in [0.05, 0.1) is 11.6 Å². The highest BCUT2D eigenvalue weighted by molar-refractivity contribution is 5.79. The Morgan fingerprint density at radius 1 is 1.57 bits per heavy atom. The summed E-state index contributed by atoms with van der Waals surface area (Å²) in [6.45, 7) is 3.40. The molecule has 2 rings (SSSR count). The zero-order chi connectivity index (χ0) is 9.97. The topological polar surface area (TPSA) is 67.9 Å². The molecule has 1 N–H and O–H groups in total. The summed E-state index contributed by atoms with van der Waals surface area (Å²) in [5.41, 5.74) is -0.0441. The smallest absolute Gasteiger partial charge is 0.349 e. The van der Waals surface area contributed by atoms with Crippen LogP contribution in [0.15, 0.2) is 36.0 Å². The summed E-state index contributed by atoms with van der Waals surface area (Å²) in [5, 5.41) is 0.645. The van der Waals surface area contributed by atoms with E-state index >= 15 is 0 Å². The lowest BCUT2D eigenvalue weighted by Gasteiger charge is -2.01. The molecule has 0 amide bonds. The molecule has 0 atom stereocenters. The number of hydrogen-bond donors (Lipinski definition) is 1. The largest absolute Gasteiger partial charge is 0.447 e. The van der Waals surface area contributed by atoms with Crippen LogP contribution in [0.1, 0.15) is 0 Å². The van der Waals surface area contributed by atoms with E-state index in [0.717, 1.165) is 0 Å². The third kappa shape index (κ3) is 1.35. The van der Waals surface area contributed by atoms with Crippen molar-refractivity contribution in [3.8, 4) is 5.88 Å². The number of ether oxygens (including phenoxy) is 1. The molecule has 0 aliphatic heterocycles. The zero-order valence-electron chi connectivity index (χ0n) is 7.23. The van der Waals surface area contributed by atoms with Crippen molar-refractivity contribution >= 4 is 11.0 Å². The quantitative estimate of drug-likeness (QED) is 0.711. The van der Waals surface area contributed by atoms with E-state index in [2.05, 4.69) is 21.5 Å². The number of H-pyrrole nitrogens is 1. The van der Waals surface area contributed by atoms with E-state index in [9.17, 15) is 4.79 Å². The van der Waals surface area contributed by atoms with Gasteiger partial charge in [-0.2, -0.15) is 4.98 Å². The number of pyridine rings is 1. The van der Waals surface area contributed by atoms with Gasteiger partial charge in [0.25, 0.3) is 0 Å². The highest BCUT2D eigenvalue weighted by Crippen LogP contribution is 2.17. The fraction of sp³-hybridized carbons (Fsp3) is 0. The Labute approximate surface area is 79.1 Å². The molecule has 5 nitrogen and oxygen atoms in total. The van der Waals surface area contributed by atoms with Crippen LogP contribution in [0.3, 0.4) is 0 Å². The van der Waals surface area contributed by atoms with Crippen molar-refractivity contribution < 1.29 is 4.74 Å². The molecule has 2 heterocycles. The first-order valence-electron chi connectivity index (χ1n) is 3.94. The van der Waals surface area contributed by atoms with Gasteiger partial charge in [0.15, 0.2) is 0 Å². The summed E-state index contributed by atoms with van der Waals surface area (Å²) < 4.78 is 4.99. The van der Waals surface area contributed by atoms with Crippen LogP contribution in [0.4, 0.5) is 0 Å². The van der Waals surface area contributed by atoms with Crippen molar-refractivity contribution in [2.45, 2.75) is 0 Å². The van der Waals surface area contributed by atoms with Gasteiger partial charge < -0.3 is 4.74 Å². The number of nitrogens with one attached hydrogen (secondary N) is 1. The molecule has 14 heavy (non-hydrogen) atoms. The lowest BCUT2D eigenvalue weighted by atomic mass is 10.3. The molecule has 2 aromatic rings. The minimum Gasteiger partial charge on any atom is -0.447 e. The molecule has 70 valence electrons. The SMILES string of the molecule is C=COc1nc(=O)[nH]c2ncccc12. The minimum atomic E-state index is -0.493. The molecule has 0 saturated carbocycles. The fourth-order valence-corrected chi connectivity index (χ4v) is 1.13. The number of aromatic amines is 1. The van der Waals surface area contributed by atoms with Crippen LogP contribution in [0.25, 0.3) is 11.0 Å². The van der Waals surface area contributed by atoms with Crippen LogP contribution in [-0.4, -0.2) is 15.0 Å². The molecule has 0 aromatic carbocycles. The van der Waals surface area contributed by atoms with Gasteiger partial charge in [0.2, 0.25) is 5.88 Å². The summed E-state index contributed by atoms with van der Waals surface area (Å²) in [6.07, 6.45) is 2.80. The zero-order valence-corrected chi connectivity index (χ0v) is 7.23. The number of rotatable bonds is 2. The maximum atomic E-state index is 11.1. The Balaban J connectivity index is 2.79. The average Bonchev–Trinajstić information content (AvgIpc) is 2.18. The molecule has 0 unspecified atom stereocenters. The van der Waals surface area contributed by atoms with E-state index in [4.69, 9.17) is 4.74 Å². The van der Waals surface area contributed by atoms with Crippen LogP contribution in [0, 0.1) is 0 Å². The van der Waals surface area contributed by atoms with E-state index in [1.54, 1.807) is 18.3 Å². The number of nitrogens with zero attached hydrogens (tertiary/aromatic N) is 2. The summed E-state index contributed by atoms with van der Waals surface area (Å²) >= 11 is 0. The third-order valence-corrected chi connectivity index (χ3v) is 1.66. The first-order valence-corrected chi connectivity index (χ1v) is 3.94. The van der Waals surface area contributed by atoms with Crippen LogP contribution >= 0.6 is 0 Å². The van der Waals surface area contributed by atoms with Gasteiger partial charge in [-0.3, -0.25) is 4.98 Å². The van der Waals surface area contributed by atoms with Gasteiger partial charge >= 0.3 is 5.69 Å². The molecule has 0 bridgehead atoms. The predicted molar refractivity (Wildman–Crippen MR) is 51.0 cm³/mol. The van der Waals surface area contributed by atoms with Gasteiger partial charge in [-0.15, -0.1) is 0 Å². The second-order valence-electron chi connectivity index (χ2n) is 2.53. The van der Waals surface area contributed by atoms with E-state index in [-0.39, 0.29) is 5.88 Å². The minimum absolute atomic E-state index is 0.215. The lowest BCUT2D eigenvalue weighted by molar-refractivity contribution is 0.466. The summed E-state index contributed by atoms with van der Waals surface area (Å²) in [4.78, 5) is 21.2. The van der Waals surface area contributed by atoms with Gasteiger partial charge in [-0.1, -0.05) is 6.58 Å². The summed E-state index contributed by atoms with van der Waals surface area (Å²) in [7, 11) is 0. The summed E-state index contributed by atoms with van der Waals surface area (Å²) in [5.74, 6) is 0.215. The second-order valence-corrected chi connectivity index (χ2v) is 2.53. The van der Waals surface area contributed by atoms with Crippen molar-refractivity contribution in [3.05, 3.63) is 41.7 Å².